The molecule has 9 heteroatoms. The maximum absolute atomic E-state index is 12.2. The average molecular weight is 535 g/mol. The second kappa shape index (κ2) is 11.1. The molecular weight excluding hydrogens is 517 g/mol. The summed E-state index contributed by atoms with van der Waals surface area (Å²) >= 11 is 15.5. The fourth-order valence-corrected chi connectivity index (χ4v) is 3.21. The van der Waals surface area contributed by atoms with Gasteiger partial charge < -0.3 is 10.1 Å². The number of rotatable bonds is 7. The van der Waals surface area contributed by atoms with E-state index in [4.69, 9.17) is 27.9 Å². The van der Waals surface area contributed by atoms with Gasteiger partial charge in [-0.05, 0) is 67.1 Å². The van der Waals surface area contributed by atoms with Gasteiger partial charge in [-0.1, -0.05) is 45.2 Å². The first-order valence-corrected chi connectivity index (χ1v) is 10.9. The monoisotopic (exact) mass is 533 g/mol. The Morgan fingerprint density at radius 1 is 1.06 bits per heavy atom. The standard InChI is InChI=1S/C23H18BrCl2N3O3/c1-14-2-8-19(11-20(14)26)28-22(30)13-32-21-9-7-18(25)10-16(21)12-27-29-23(31)15-3-5-17(24)6-4-15/h2-12H,13H2,1H3,(H,28,30)(H,29,31)/b27-12+. The third kappa shape index (κ3) is 6.82. The summed E-state index contributed by atoms with van der Waals surface area (Å²) in [7, 11) is 0. The summed E-state index contributed by atoms with van der Waals surface area (Å²) in [5.41, 5.74) is 4.89. The van der Waals surface area contributed by atoms with Crippen molar-refractivity contribution in [3.05, 3.63) is 91.9 Å². The van der Waals surface area contributed by atoms with Gasteiger partial charge in [0.15, 0.2) is 6.61 Å². The Morgan fingerprint density at radius 2 is 1.81 bits per heavy atom. The van der Waals surface area contributed by atoms with E-state index < -0.39 is 0 Å². The van der Waals surface area contributed by atoms with Gasteiger partial charge in [0, 0.05) is 31.3 Å². The normalized spacial score (nSPS) is 10.8. The van der Waals surface area contributed by atoms with E-state index in [0.717, 1.165) is 10.0 Å². The molecule has 0 bridgehead atoms. The van der Waals surface area contributed by atoms with Crippen molar-refractivity contribution >= 4 is 62.8 Å². The van der Waals surface area contributed by atoms with E-state index in [1.807, 2.05) is 13.0 Å². The molecule has 0 aliphatic rings. The molecule has 3 aromatic carbocycles. The highest BCUT2D eigenvalue weighted by molar-refractivity contribution is 9.10. The maximum atomic E-state index is 12.2. The highest BCUT2D eigenvalue weighted by Gasteiger charge is 2.09. The molecule has 0 aliphatic carbocycles. The molecule has 3 aromatic rings. The SMILES string of the molecule is Cc1ccc(NC(=O)COc2ccc(Cl)cc2/C=N/NC(=O)c2ccc(Br)cc2)cc1Cl. The topological polar surface area (TPSA) is 79.8 Å². The Labute approximate surface area is 203 Å². The lowest BCUT2D eigenvalue weighted by atomic mass is 10.2. The summed E-state index contributed by atoms with van der Waals surface area (Å²) in [6, 6.07) is 17.0. The number of hydrogen-bond donors (Lipinski definition) is 2. The van der Waals surface area contributed by atoms with Crippen molar-refractivity contribution in [1.82, 2.24) is 5.43 Å². The van der Waals surface area contributed by atoms with E-state index in [1.165, 1.54) is 6.21 Å². The molecule has 0 heterocycles. The van der Waals surface area contributed by atoms with E-state index in [-0.39, 0.29) is 18.4 Å². The predicted molar refractivity (Wildman–Crippen MR) is 131 cm³/mol. The van der Waals surface area contributed by atoms with Gasteiger partial charge in [-0.15, -0.1) is 0 Å². The molecule has 0 aromatic heterocycles. The zero-order valence-corrected chi connectivity index (χ0v) is 20.0. The van der Waals surface area contributed by atoms with Gasteiger partial charge in [-0.3, -0.25) is 9.59 Å². The second-order valence-corrected chi connectivity index (χ2v) is 8.45. The quantitative estimate of drug-likeness (QED) is 0.295. The summed E-state index contributed by atoms with van der Waals surface area (Å²) in [5, 5.41) is 7.70. The molecule has 0 fully saturated rings. The number of ether oxygens (including phenoxy) is 1. The number of anilines is 1. The Hall–Kier alpha value is -2.87. The predicted octanol–water partition coefficient (Wildman–Crippen LogP) is 5.85. The number of amides is 2. The van der Waals surface area contributed by atoms with Crippen LogP contribution in [0.25, 0.3) is 0 Å². The highest BCUT2D eigenvalue weighted by atomic mass is 79.9. The maximum Gasteiger partial charge on any atom is 0.271 e. The summed E-state index contributed by atoms with van der Waals surface area (Å²) in [6.07, 6.45) is 1.40. The fourth-order valence-electron chi connectivity index (χ4n) is 2.59. The van der Waals surface area contributed by atoms with Crippen molar-refractivity contribution in [3.63, 3.8) is 0 Å². The van der Waals surface area contributed by atoms with E-state index in [2.05, 4.69) is 31.8 Å². The number of carbonyl (C=O) groups excluding carboxylic acids is 2. The van der Waals surface area contributed by atoms with Crippen molar-refractivity contribution in [2.45, 2.75) is 6.92 Å². The Bertz CT molecular complexity index is 1170. The smallest absolute Gasteiger partial charge is 0.271 e. The number of carbonyl (C=O) groups is 2. The second-order valence-electron chi connectivity index (χ2n) is 6.69. The number of hydrazone groups is 1. The van der Waals surface area contributed by atoms with Crippen molar-refractivity contribution < 1.29 is 14.3 Å². The van der Waals surface area contributed by atoms with Gasteiger partial charge in [0.25, 0.3) is 11.8 Å². The molecule has 6 nitrogen and oxygen atoms in total. The molecule has 0 spiro atoms. The van der Waals surface area contributed by atoms with Crippen molar-refractivity contribution in [1.29, 1.82) is 0 Å². The van der Waals surface area contributed by atoms with Crippen LogP contribution < -0.4 is 15.5 Å². The summed E-state index contributed by atoms with van der Waals surface area (Å²) in [4.78, 5) is 24.4. The molecule has 0 atom stereocenters. The van der Waals surface area contributed by atoms with Crippen LogP contribution in [0, 0.1) is 6.92 Å². The third-order valence-corrected chi connectivity index (χ3v) is 5.43. The third-order valence-electron chi connectivity index (χ3n) is 4.26. The van der Waals surface area contributed by atoms with Crippen LogP contribution in [0.2, 0.25) is 10.0 Å². The van der Waals surface area contributed by atoms with E-state index in [9.17, 15) is 9.59 Å². The lowest BCUT2D eigenvalue weighted by molar-refractivity contribution is -0.118. The van der Waals surface area contributed by atoms with E-state index >= 15 is 0 Å². The molecule has 0 saturated heterocycles. The van der Waals surface area contributed by atoms with Crippen LogP contribution in [0.1, 0.15) is 21.5 Å². The zero-order chi connectivity index (χ0) is 23.1. The molecule has 32 heavy (non-hydrogen) atoms. The molecule has 0 radical (unpaired) electrons. The molecule has 164 valence electrons. The minimum absolute atomic E-state index is 0.237. The molecule has 0 aliphatic heterocycles. The van der Waals surface area contributed by atoms with Gasteiger partial charge in [0.1, 0.15) is 5.75 Å². The van der Waals surface area contributed by atoms with E-state index in [1.54, 1.807) is 54.6 Å². The molecule has 0 saturated carbocycles. The van der Waals surface area contributed by atoms with Gasteiger partial charge in [-0.2, -0.15) is 5.10 Å². The molecule has 2 amide bonds. The van der Waals surface area contributed by atoms with Crippen LogP contribution in [0.3, 0.4) is 0 Å². The van der Waals surface area contributed by atoms with Crippen LogP contribution in [0.4, 0.5) is 5.69 Å². The Balaban J connectivity index is 1.62. The van der Waals surface area contributed by atoms with Crippen LogP contribution in [0.15, 0.2) is 70.2 Å². The number of halogens is 3. The van der Waals surface area contributed by atoms with Gasteiger partial charge in [0.2, 0.25) is 0 Å². The largest absolute Gasteiger partial charge is 0.483 e. The summed E-state index contributed by atoms with van der Waals surface area (Å²) in [6.45, 7) is 1.64. The lowest BCUT2D eigenvalue weighted by Crippen LogP contribution is -2.20. The number of nitrogens with zero attached hydrogens (tertiary/aromatic N) is 1. The molecule has 3 rings (SSSR count). The summed E-state index contributed by atoms with van der Waals surface area (Å²) in [5.74, 6) is -0.339. The van der Waals surface area contributed by atoms with Gasteiger partial charge in [-0.25, -0.2) is 5.43 Å². The Kier molecular flexibility index (Phi) is 8.27. The summed E-state index contributed by atoms with van der Waals surface area (Å²) < 4.78 is 6.49. The first-order chi connectivity index (χ1) is 15.3. The van der Waals surface area contributed by atoms with E-state index in [0.29, 0.717) is 32.6 Å². The number of hydrogen-bond acceptors (Lipinski definition) is 4. The van der Waals surface area contributed by atoms with Gasteiger partial charge >= 0.3 is 0 Å². The van der Waals surface area contributed by atoms with Crippen LogP contribution >= 0.6 is 39.1 Å². The minimum atomic E-state index is -0.366. The Morgan fingerprint density at radius 3 is 2.53 bits per heavy atom. The van der Waals surface area contributed by atoms with Crippen molar-refractivity contribution in [2.24, 2.45) is 5.10 Å². The molecular formula is C23H18BrCl2N3O3. The number of benzene rings is 3. The number of aryl methyl sites for hydroxylation is 1. The van der Waals surface area contributed by atoms with Crippen molar-refractivity contribution in [3.8, 4) is 5.75 Å². The first-order valence-electron chi connectivity index (χ1n) is 9.39. The lowest BCUT2D eigenvalue weighted by Gasteiger charge is -2.10. The first kappa shape index (κ1) is 23.8. The average Bonchev–Trinajstić information content (AvgIpc) is 2.76. The van der Waals surface area contributed by atoms with Gasteiger partial charge in [0.05, 0.1) is 6.21 Å². The number of nitrogens with one attached hydrogen (secondary N) is 2. The highest BCUT2D eigenvalue weighted by Crippen LogP contribution is 2.22. The fraction of sp³-hybridized carbons (Fsp3) is 0.0870. The minimum Gasteiger partial charge on any atom is -0.483 e. The molecule has 2 N–H and O–H groups in total. The van der Waals surface area contributed by atoms with Crippen LogP contribution in [0.5, 0.6) is 5.75 Å². The van der Waals surface area contributed by atoms with Crippen LogP contribution in [-0.4, -0.2) is 24.6 Å². The van der Waals surface area contributed by atoms with Crippen LogP contribution in [-0.2, 0) is 4.79 Å². The zero-order valence-electron chi connectivity index (χ0n) is 16.9. The van der Waals surface area contributed by atoms with Crippen molar-refractivity contribution in [2.75, 3.05) is 11.9 Å². The molecule has 0 unspecified atom stereocenters.